The molecule has 0 radical (unpaired) electrons. The Labute approximate surface area is 106 Å². The first-order chi connectivity index (χ1) is 8.08. The molecule has 1 aromatic carbocycles. The van der Waals surface area contributed by atoms with Crippen LogP contribution in [0.1, 0.15) is 11.1 Å². The summed E-state index contributed by atoms with van der Waals surface area (Å²) in [5.74, 6) is 0.364. The minimum Gasteiger partial charge on any atom is -0.495 e. The van der Waals surface area contributed by atoms with Gasteiger partial charge in [0.1, 0.15) is 5.75 Å². The normalized spacial score (nSPS) is 10.1. The fourth-order valence-corrected chi connectivity index (χ4v) is 1.68. The van der Waals surface area contributed by atoms with Gasteiger partial charge in [0, 0.05) is 6.54 Å². The zero-order chi connectivity index (χ0) is 12.8. The van der Waals surface area contributed by atoms with Crippen LogP contribution in [0.4, 0.5) is 0 Å². The average Bonchev–Trinajstić information content (AvgIpc) is 2.32. The van der Waals surface area contributed by atoms with Gasteiger partial charge < -0.3 is 14.8 Å². The van der Waals surface area contributed by atoms with E-state index >= 15 is 0 Å². The Morgan fingerprint density at radius 3 is 2.71 bits per heavy atom. The maximum atomic E-state index is 10.9. The highest BCUT2D eigenvalue weighted by Gasteiger charge is 2.07. The minimum absolute atomic E-state index is 0.180. The molecule has 0 unspecified atom stereocenters. The Balaban J connectivity index is 2.65. The van der Waals surface area contributed by atoms with Gasteiger partial charge in [-0.25, -0.2) is 0 Å². The molecule has 0 spiro atoms. The number of carbonyl (C=O) groups is 1. The van der Waals surface area contributed by atoms with Crippen LogP contribution in [0.15, 0.2) is 12.1 Å². The molecular formula is C12H16ClNO3. The molecule has 0 amide bonds. The minimum atomic E-state index is -0.290. The van der Waals surface area contributed by atoms with Crippen LogP contribution >= 0.6 is 11.6 Å². The molecule has 94 valence electrons. The van der Waals surface area contributed by atoms with E-state index in [1.54, 1.807) is 7.11 Å². The molecule has 1 rings (SSSR count). The van der Waals surface area contributed by atoms with Gasteiger partial charge in [-0.15, -0.1) is 0 Å². The van der Waals surface area contributed by atoms with Crippen molar-refractivity contribution in [2.45, 2.75) is 13.5 Å². The number of halogens is 1. The first kappa shape index (κ1) is 13.8. The van der Waals surface area contributed by atoms with Crippen molar-refractivity contribution in [1.82, 2.24) is 5.32 Å². The number of nitrogens with one attached hydrogen (secondary N) is 1. The van der Waals surface area contributed by atoms with E-state index in [1.807, 2.05) is 19.1 Å². The molecule has 0 aliphatic heterocycles. The molecule has 0 saturated heterocycles. The topological polar surface area (TPSA) is 47.6 Å². The summed E-state index contributed by atoms with van der Waals surface area (Å²) in [7, 11) is 2.94. The molecule has 0 bridgehead atoms. The van der Waals surface area contributed by atoms with Gasteiger partial charge in [0.25, 0.3) is 0 Å². The Morgan fingerprint density at radius 2 is 2.12 bits per heavy atom. The van der Waals surface area contributed by atoms with E-state index < -0.39 is 0 Å². The number of rotatable bonds is 5. The number of hydrogen-bond acceptors (Lipinski definition) is 4. The van der Waals surface area contributed by atoms with Crippen molar-refractivity contribution in [1.29, 1.82) is 0 Å². The van der Waals surface area contributed by atoms with Gasteiger partial charge in [-0.1, -0.05) is 11.6 Å². The van der Waals surface area contributed by atoms with Gasteiger partial charge in [0.05, 0.1) is 25.8 Å². The van der Waals surface area contributed by atoms with E-state index in [0.29, 0.717) is 17.3 Å². The predicted octanol–water partition coefficient (Wildman–Crippen LogP) is 1.92. The number of esters is 1. The van der Waals surface area contributed by atoms with Gasteiger partial charge in [-0.05, 0) is 30.2 Å². The predicted molar refractivity (Wildman–Crippen MR) is 66.5 cm³/mol. The van der Waals surface area contributed by atoms with E-state index in [2.05, 4.69) is 10.1 Å². The molecule has 4 nitrogen and oxygen atoms in total. The molecule has 0 atom stereocenters. The Hall–Kier alpha value is -1.26. The number of aryl methyl sites for hydroxylation is 1. The maximum absolute atomic E-state index is 10.9. The molecule has 0 aliphatic carbocycles. The Kier molecular flexibility index (Phi) is 5.25. The maximum Gasteiger partial charge on any atom is 0.319 e. The lowest BCUT2D eigenvalue weighted by Gasteiger charge is -2.10. The SMILES string of the molecule is COC(=O)CNCc1cc(Cl)c(OC)cc1C. The van der Waals surface area contributed by atoms with E-state index in [9.17, 15) is 4.79 Å². The van der Waals surface area contributed by atoms with Crippen molar-refractivity contribution in [3.05, 3.63) is 28.3 Å². The zero-order valence-electron chi connectivity index (χ0n) is 10.2. The molecule has 17 heavy (non-hydrogen) atoms. The van der Waals surface area contributed by atoms with Crippen molar-refractivity contribution in [3.8, 4) is 5.75 Å². The van der Waals surface area contributed by atoms with E-state index in [-0.39, 0.29) is 12.5 Å². The first-order valence-corrected chi connectivity index (χ1v) is 5.56. The standard InChI is InChI=1S/C12H16ClNO3/c1-8-4-11(16-2)10(13)5-9(8)6-14-7-12(15)17-3/h4-5,14H,6-7H2,1-3H3. The zero-order valence-corrected chi connectivity index (χ0v) is 10.9. The number of carbonyl (C=O) groups excluding carboxylic acids is 1. The molecule has 0 aromatic heterocycles. The van der Waals surface area contributed by atoms with Gasteiger partial charge in [-0.2, -0.15) is 0 Å². The van der Waals surface area contributed by atoms with Crippen LogP contribution in [0.2, 0.25) is 5.02 Å². The lowest BCUT2D eigenvalue weighted by Crippen LogP contribution is -2.23. The van der Waals surface area contributed by atoms with Crippen LogP contribution in [-0.2, 0) is 16.1 Å². The summed E-state index contributed by atoms with van der Waals surface area (Å²) in [6.45, 7) is 2.71. The molecule has 0 heterocycles. The largest absolute Gasteiger partial charge is 0.495 e. The van der Waals surface area contributed by atoms with Crippen molar-refractivity contribution >= 4 is 17.6 Å². The summed E-state index contributed by atoms with van der Waals surface area (Å²) in [5.41, 5.74) is 2.09. The summed E-state index contributed by atoms with van der Waals surface area (Å²) >= 11 is 6.03. The van der Waals surface area contributed by atoms with Crippen molar-refractivity contribution < 1.29 is 14.3 Å². The molecule has 5 heteroatoms. The third-order valence-corrected chi connectivity index (χ3v) is 2.72. The monoisotopic (exact) mass is 257 g/mol. The fourth-order valence-electron chi connectivity index (χ4n) is 1.41. The van der Waals surface area contributed by atoms with Crippen LogP contribution in [0.5, 0.6) is 5.75 Å². The van der Waals surface area contributed by atoms with Gasteiger partial charge in [0.15, 0.2) is 0 Å². The number of hydrogen-bond donors (Lipinski definition) is 1. The average molecular weight is 258 g/mol. The lowest BCUT2D eigenvalue weighted by molar-refractivity contribution is -0.139. The second kappa shape index (κ2) is 6.47. The van der Waals surface area contributed by atoms with E-state index in [1.165, 1.54) is 7.11 Å². The van der Waals surface area contributed by atoms with Crippen LogP contribution in [0, 0.1) is 6.92 Å². The van der Waals surface area contributed by atoms with Gasteiger partial charge in [0.2, 0.25) is 0 Å². The molecule has 1 aromatic rings. The van der Waals surface area contributed by atoms with Crippen LogP contribution in [0.25, 0.3) is 0 Å². The van der Waals surface area contributed by atoms with Crippen molar-refractivity contribution in [2.24, 2.45) is 0 Å². The highest BCUT2D eigenvalue weighted by atomic mass is 35.5. The highest BCUT2D eigenvalue weighted by molar-refractivity contribution is 6.32. The van der Waals surface area contributed by atoms with Gasteiger partial charge in [-0.3, -0.25) is 4.79 Å². The van der Waals surface area contributed by atoms with Gasteiger partial charge >= 0.3 is 5.97 Å². The summed E-state index contributed by atoms with van der Waals surface area (Å²) in [6, 6.07) is 3.71. The second-order valence-electron chi connectivity index (χ2n) is 3.59. The van der Waals surface area contributed by atoms with Crippen LogP contribution in [-0.4, -0.2) is 26.7 Å². The fraction of sp³-hybridized carbons (Fsp3) is 0.417. The summed E-state index contributed by atoms with van der Waals surface area (Å²) in [5, 5.41) is 3.55. The molecule has 0 fully saturated rings. The van der Waals surface area contributed by atoms with E-state index in [0.717, 1.165) is 11.1 Å². The van der Waals surface area contributed by atoms with Crippen LogP contribution in [0.3, 0.4) is 0 Å². The highest BCUT2D eigenvalue weighted by Crippen LogP contribution is 2.27. The Bertz CT molecular complexity index is 407. The number of benzene rings is 1. The quantitative estimate of drug-likeness (QED) is 0.819. The van der Waals surface area contributed by atoms with Crippen LogP contribution < -0.4 is 10.1 Å². The Morgan fingerprint density at radius 1 is 1.41 bits per heavy atom. The smallest absolute Gasteiger partial charge is 0.319 e. The summed E-state index contributed by atoms with van der Waals surface area (Å²) in [6.07, 6.45) is 0. The van der Waals surface area contributed by atoms with Crippen molar-refractivity contribution in [2.75, 3.05) is 20.8 Å². The third kappa shape index (κ3) is 3.91. The second-order valence-corrected chi connectivity index (χ2v) is 4.00. The molecule has 1 N–H and O–H groups in total. The molecule has 0 saturated carbocycles. The number of methoxy groups -OCH3 is 2. The third-order valence-electron chi connectivity index (χ3n) is 2.42. The van der Waals surface area contributed by atoms with E-state index in [4.69, 9.17) is 16.3 Å². The van der Waals surface area contributed by atoms with Crippen molar-refractivity contribution in [3.63, 3.8) is 0 Å². The number of ether oxygens (including phenoxy) is 2. The lowest BCUT2D eigenvalue weighted by atomic mass is 10.1. The first-order valence-electron chi connectivity index (χ1n) is 5.19. The molecule has 0 aliphatic rings. The molecular weight excluding hydrogens is 242 g/mol. The summed E-state index contributed by atoms with van der Waals surface area (Å²) in [4.78, 5) is 10.9. The summed E-state index contributed by atoms with van der Waals surface area (Å²) < 4.78 is 9.65.